The van der Waals surface area contributed by atoms with Crippen LogP contribution in [0.25, 0.3) is 11.1 Å². The highest BCUT2D eigenvalue weighted by atomic mass is 19.1. The van der Waals surface area contributed by atoms with Gasteiger partial charge in [0.15, 0.2) is 11.9 Å². The topological polar surface area (TPSA) is 55.2 Å². The average molecular weight is 325 g/mol. The Kier molecular flexibility index (Phi) is 4.37. The van der Waals surface area contributed by atoms with E-state index < -0.39 is 17.7 Å². The van der Waals surface area contributed by atoms with Crippen LogP contribution in [-0.4, -0.2) is 9.97 Å². The highest BCUT2D eigenvalue weighted by molar-refractivity contribution is 5.67. The monoisotopic (exact) mass is 325 g/mol. The summed E-state index contributed by atoms with van der Waals surface area (Å²) >= 11 is 0. The van der Waals surface area contributed by atoms with Gasteiger partial charge in [-0.3, -0.25) is 9.97 Å². The van der Waals surface area contributed by atoms with E-state index in [4.69, 9.17) is 0 Å². The van der Waals surface area contributed by atoms with E-state index in [0.29, 0.717) is 16.7 Å². The number of hydrogen-bond acceptors (Lipinski definition) is 4. The van der Waals surface area contributed by atoms with Gasteiger partial charge in [0.2, 0.25) is 0 Å². The molecule has 0 bridgehead atoms. The summed E-state index contributed by atoms with van der Waals surface area (Å²) in [5.74, 6) is -1.08. The predicted molar refractivity (Wildman–Crippen MR) is 86.2 cm³/mol. The van der Waals surface area contributed by atoms with Crippen LogP contribution in [0.2, 0.25) is 0 Å². The Labute approximate surface area is 137 Å². The summed E-state index contributed by atoms with van der Waals surface area (Å²) in [4.78, 5) is 19.3. The fourth-order valence-corrected chi connectivity index (χ4v) is 2.52. The molecule has 3 aromatic rings. The van der Waals surface area contributed by atoms with Crippen molar-refractivity contribution in [1.82, 2.24) is 9.97 Å². The van der Waals surface area contributed by atoms with E-state index in [1.807, 2.05) is 6.92 Å². The fourth-order valence-electron chi connectivity index (χ4n) is 2.52. The molecule has 3 rings (SSSR count). The SMILES string of the molecule is Cc1ccncc1-c1ccnc(C(N=O)c2ccc(F)cc2)c1F. The van der Waals surface area contributed by atoms with E-state index in [-0.39, 0.29) is 5.69 Å². The standard InChI is InChI=1S/C18H13F2N3O/c1-11-6-8-21-10-15(11)14-7-9-22-18(16(14)20)17(23-24)12-2-4-13(19)5-3-12/h2-10,17H,1H3. The zero-order valence-corrected chi connectivity index (χ0v) is 12.8. The van der Waals surface area contributed by atoms with Crippen LogP contribution >= 0.6 is 0 Å². The molecule has 0 saturated carbocycles. The van der Waals surface area contributed by atoms with E-state index in [1.54, 1.807) is 18.5 Å². The van der Waals surface area contributed by atoms with Crippen molar-refractivity contribution in [2.45, 2.75) is 13.0 Å². The van der Waals surface area contributed by atoms with Crippen LogP contribution in [0, 0.1) is 23.5 Å². The van der Waals surface area contributed by atoms with Crippen LogP contribution in [0.15, 0.2) is 60.2 Å². The summed E-state index contributed by atoms with van der Waals surface area (Å²) in [5.41, 5.74) is 2.03. The maximum atomic E-state index is 15.0. The van der Waals surface area contributed by atoms with E-state index in [1.165, 1.54) is 36.5 Å². The number of halogens is 2. The zero-order chi connectivity index (χ0) is 17.1. The normalized spacial score (nSPS) is 12.0. The minimum Gasteiger partial charge on any atom is -0.264 e. The molecule has 0 aliphatic carbocycles. The number of nitroso groups, excluding NO2 is 1. The van der Waals surface area contributed by atoms with Gasteiger partial charge in [-0.05, 0) is 42.3 Å². The lowest BCUT2D eigenvalue weighted by Gasteiger charge is -2.13. The van der Waals surface area contributed by atoms with Crippen LogP contribution in [0.3, 0.4) is 0 Å². The molecule has 0 fully saturated rings. The minimum absolute atomic E-state index is 0.0997. The number of aromatic nitrogens is 2. The Balaban J connectivity index is 2.11. The molecule has 0 aliphatic rings. The van der Waals surface area contributed by atoms with Crippen molar-refractivity contribution in [3.63, 3.8) is 0 Å². The highest BCUT2D eigenvalue weighted by Gasteiger charge is 2.23. The fraction of sp³-hybridized carbons (Fsp3) is 0.111. The summed E-state index contributed by atoms with van der Waals surface area (Å²) in [5, 5.41) is 2.99. The van der Waals surface area contributed by atoms with E-state index in [2.05, 4.69) is 15.1 Å². The van der Waals surface area contributed by atoms with Gasteiger partial charge in [-0.1, -0.05) is 17.3 Å². The Hall–Kier alpha value is -3.02. The Morgan fingerprint density at radius 3 is 2.42 bits per heavy atom. The number of rotatable bonds is 4. The average Bonchev–Trinajstić information content (AvgIpc) is 2.59. The maximum Gasteiger partial charge on any atom is 0.162 e. The van der Waals surface area contributed by atoms with E-state index >= 15 is 0 Å². The van der Waals surface area contributed by atoms with Gasteiger partial charge >= 0.3 is 0 Å². The second kappa shape index (κ2) is 6.62. The molecule has 4 nitrogen and oxygen atoms in total. The van der Waals surface area contributed by atoms with Crippen molar-refractivity contribution in [1.29, 1.82) is 0 Å². The van der Waals surface area contributed by atoms with Crippen molar-refractivity contribution >= 4 is 0 Å². The first-order valence-electron chi connectivity index (χ1n) is 7.25. The molecule has 120 valence electrons. The molecule has 0 aliphatic heterocycles. The number of benzene rings is 1. The molecule has 1 aromatic carbocycles. The number of hydrogen-bond donors (Lipinski definition) is 0. The zero-order valence-electron chi connectivity index (χ0n) is 12.8. The van der Waals surface area contributed by atoms with Crippen molar-refractivity contribution in [3.8, 4) is 11.1 Å². The molecule has 6 heteroatoms. The van der Waals surface area contributed by atoms with Gasteiger partial charge in [-0.15, -0.1) is 4.91 Å². The highest BCUT2D eigenvalue weighted by Crippen LogP contribution is 2.32. The molecule has 24 heavy (non-hydrogen) atoms. The van der Waals surface area contributed by atoms with E-state index in [9.17, 15) is 13.7 Å². The van der Waals surface area contributed by atoms with Gasteiger partial charge in [-0.2, -0.15) is 0 Å². The molecule has 0 amide bonds. The van der Waals surface area contributed by atoms with Gasteiger partial charge in [-0.25, -0.2) is 8.78 Å². The van der Waals surface area contributed by atoms with Crippen LogP contribution < -0.4 is 0 Å². The molecule has 0 radical (unpaired) electrons. The maximum absolute atomic E-state index is 15.0. The predicted octanol–water partition coefficient (Wildman–Crippen LogP) is 4.59. The van der Waals surface area contributed by atoms with Crippen LogP contribution in [0.1, 0.15) is 22.9 Å². The van der Waals surface area contributed by atoms with Crippen LogP contribution in [0.5, 0.6) is 0 Å². The largest absolute Gasteiger partial charge is 0.264 e. The molecule has 1 unspecified atom stereocenters. The molecule has 2 heterocycles. The third kappa shape index (κ3) is 2.90. The summed E-state index contributed by atoms with van der Waals surface area (Å²) < 4.78 is 28.0. The first kappa shape index (κ1) is 15.9. The number of aryl methyl sites for hydroxylation is 1. The number of pyridine rings is 2. The van der Waals surface area contributed by atoms with Crippen molar-refractivity contribution in [2.75, 3.05) is 0 Å². The Bertz CT molecular complexity index is 882. The smallest absolute Gasteiger partial charge is 0.162 e. The molecular weight excluding hydrogens is 312 g/mol. The van der Waals surface area contributed by atoms with Gasteiger partial charge in [0.05, 0.1) is 0 Å². The lowest BCUT2D eigenvalue weighted by atomic mass is 9.98. The second-order valence-corrected chi connectivity index (χ2v) is 5.31. The molecule has 0 spiro atoms. The van der Waals surface area contributed by atoms with Gasteiger partial charge in [0.25, 0.3) is 0 Å². The number of nitrogens with zero attached hydrogens (tertiary/aromatic N) is 3. The summed E-state index contributed by atoms with van der Waals surface area (Å²) in [6, 6.07) is 7.32. The Morgan fingerprint density at radius 1 is 1.00 bits per heavy atom. The van der Waals surface area contributed by atoms with Crippen LogP contribution in [0.4, 0.5) is 8.78 Å². The molecule has 0 N–H and O–H groups in total. The van der Waals surface area contributed by atoms with Crippen molar-refractivity contribution in [2.24, 2.45) is 5.18 Å². The molecule has 2 aromatic heterocycles. The van der Waals surface area contributed by atoms with Gasteiger partial charge < -0.3 is 0 Å². The third-order valence-corrected chi connectivity index (χ3v) is 3.80. The summed E-state index contributed by atoms with van der Waals surface area (Å²) in [6.45, 7) is 1.84. The second-order valence-electron chi connectivity index (χ2n) is 5.31. The van der Waals surface area contributed by atoms with E-state index in [0.717, 1.165) is 5.56 Å². The molecule has 0 saturated heterocycles. The third-order valence-electron chi connectivity index (χ3n) is 3.80. The van der Waals surface area contributed by atoms with Crippen LogP contribution in [-0.2, 0) is 0 Å². The minimum atomic E-state index is -1.15. The lowest BCUT2D eigenvalue weighted by Crippen LogP contribution is -2.05. The first-order chi connectivity index (χ1) is 11.6. The van der Waals surface area contributed by atoms with Crippen molar-refractivity contribution < 1.29 is 8.78 Å². The van der Waals surface area contributed by atoms with Crippen molar-refractivity contribution in [3.05, 3.63) is 88.4 Å². The summed E-state index contributed by atoms with van der Waals surface area (Å²) in [6.07, 6.45) is 4.59. The van der Waals surface area contributed by atoms with Gasteiger partial charge in [0.1, 0.15) is 11.5 Å². The quantitative estimate of drug-likeness (QED) is 0.659. The molecule has 1 atom stereocenters. The molecular formula is C18H13F2N3O. The van der Waals surface area contributed by atoms with Gasteiger partial charge in [0, 0.05) is 29.7 Å². The lowest BCUT2D eigenvalue weighted by molar-refractivity contribution is 0.588. The first-order valence-corrected chi connectivity index (χ1v) is 7.25. The Morgan fingerprint density at radius 2 is 1.75 bits per heavy atom. The summed E-state index contributed by atoms with van der Waals surface area (Å²) in [7, 11) is 0.